The molecule has 0 spiro atoms. The number of hydrogen-bond acceptors (Lipinski definition) is 3. The minimum atomic E-state index is -0.845. The van der Waals surface area contributed by atoms with E-state index in [2.05, 4.69) is 4.98 Å². The fourth-order valence-corrected chi connectivity index (χ4v) is 2.65. The Morgan fingerprint density at radius 2 is 1.84 bits per heavy atom. The highest BCUT2D eigenvalue weighted by Gasteiger charge is 2.16. The van der Waals surface area contributed by atoms with E-state index in [9.17, 15) is 8.78 Å². The van der Waals surface area contributed by atoms with Crippen LogP contribution in [0.3, 0.4) is 0 Å². The van der Waals surface area contributed by atoms with Crippen LogP contribution >= 0.6 is 11.6 Å². The number of benzene rings is 2. The molecule has 1 atom stereocenters. The zero-order valence-corrected chi connectivity index (χ0v) is 14.6. The summed E-state index contributed by atoms with van der Waals surface area (Å²) in [6.07, 6.45) is 1.60. The first-order valence-corrected chi connectivity index (χ1v) is 8.17. The Balaban J connectivity index is 1.71. The molecule has 0 fully saturated rings. The minimum absolute atomic E-state index is 0.106. The van der Waals surface area contributed by atoms with Crippen LogP contribution < -0.4 is 0 Å². The predicted molar refractivity (Wildman–Crippen MR) is 93.2 cm³/mol. The van der Waals surface area contributed by atoms with Crippen molar-refractivity contribution in [1.82, 2.24) is 9.88 Å². The van der Waals surface area contributed by atoms with Crippen molar-refractivity contribution in [1.29, 1.82) is 0 Å². The van der Waals surface area contributed by atoms with Gasteiger partial charge >= 0.3 is 0 Å². The molecule has 1 aromatic heterocycles. The Hall–Kier alpha value is -2.24. The molecule has 0 aliphatic heterocycles. The molecule has 130 valence electrons. The van der Waals surface area contributed by atoms with Crippen molar-refractivity contribution in [3.05, 3.63) is 76.6 Å². The lowest BCUT2D eigenvalue weighted by molar-refractivity contribution is 0.249. The van der Waals surface area contributed by atoms with Crippen molar-refractivity contribution in [3.8, 4) is 11.5 Å². The summed E-state index contributed by atoms with van der Waals surface area (Å²) in [5.41, 5.74) is 2.29. The average Bonchev–Trinajstić information content (AvgIpc) is 3.05. The third-order valence-corrected chi connectivity index (χ3v) is 4.39. The van der Waals surface area contributed by atoms with Crippen LogP contribution in [0.25, 0.3) is 11.5 Å². The van der Waals surface area contributed by atoms with Crippen molar-refractivity contribution < 1.29 is 13.2 Å². The van der Waals surface area contributed by atoms with Crippen LogP contribution in [0.4, 0.5) is 8.78 Å². The van der Waals surface area contributed by atoms with Crippen LogP contribution in [0.5, 0.6) is 0 Å². The van der Waals surface area contributed by atoms with Gasteiger partial charge in [0.15, 0.2) is 11.6 Å². The molecule has 1 heterocycles. The molecule has 0 amide bonds. The van der Waals surface area contributed by atoms with E-state index in [1.54, 1.807) is 24.5 Å². The van der Waals surface area contributed by atoms with Crippen LogP contribution in [-0.2, 0) is 6.54 Å². The topological polar surface area (TPSA) is 29.3 Å². The first-order valence-electron chi connectivity index (χ1n) is 7.79. The van der Waals surface area contributed by atoms with Crippen LogP contribution in [0.1, 0.15) is 24.2 Å². The second kappa shape index (κ2) is 7.33. The van der Waals surface area contributed by atoms with E-state index in [0.717, 1.165) is 17.3 Å². The number of rotatable bonds is 5. The molecule has 0 saturated carbocycles. The molecular weight excluding hydrogens is 346 g/mol. The molecule has 0 aliphatic carbocycles. The first kappa shape index (κ1) is 17.6. The lowest BCUT2D eigenvalue weighted by atomic mass is 10.1. The lowest BCUT2D eigenvalue weighted by Crippen LogP contribution is -2.22. The number of nitrogens with zero attached hydrogens (tertiary/aromatic N) is 2. The zero-order valence-electron chi connectivity index (χ0n) is 13.8. The van der Waals surface area contributed by atoms with Crippen LogP contribution in [0, 0.1) is 11.6 Å². The van der Waals surface area contributed by atoms with E-state index in [0.29, 0.717) is 23.0 Å². The average molecular weight is 363 g/mol. The molecule has 25 heavy (non-hydrogen) atoms. The first-order chi connectivity index (χ1) is 11.9. The maximum atomic E-state index is 13.4. The van der Waals surface area contributed by atoms with E-state index in [-0.39, 0.29) is 6.04 Å². The number of oxazole rings is 1. The summed E-state index contributed by atoms with van der Waals surface area (Å²) in [7, 11) is 1.89. The van der Waals surface area contributed by atoms with Crippen molar-refractivity contribution >= 4 is 11.6 Å². The maximum absolute atomic E-state index is 13.4. The van der Waals surface area contributed by atoms with Crippen LogP contribution in [-0.4, -0.2) is 16.9 Å². The molecule has 0 N–H and O–H groups in total. The Morgan fingerprint density at radius 3 is 2.52 bits per heavy atom. The van der Waals surface area contributed by atoms with E-state index in [1.807, 2.05) is 31.0 Å². The SMILES string of the molecule is CC(c1ccc(F)c(F)c1)N(C)Cc1coc(-c2ccc(Cl)cc2)n1. The number of hydrogen-bond donors (Lipinski definition) is 0. The zero-order chi connectivity index (χ0) is 18.0. The third kappa shape index (κ3) is 4.06. The predicted octanol–water partition coefficient (Wildman–Crippen LogP) is 5.47. The molecule has 1 unspecified atom stereocenters. The van der Waals surface area contributed by atoms with Gasteiger partial charge in [0.25, 0.3) is 0 Å². The maximum Gasteiger partial charge on any atom is 0.226 e. The van der Waals surface area contributed by atoms with Crippen molar-refractivity contribution in [2.45, 2.75) is 19.5 Å². The molecule has 0 aliphatic rings. The molecule has 0 saturated heterocycles. The highest BCUT2D eigenvalue weighted by Crippen LogP contribution is 2.24. The van der Waals surface area contributed by atoms with Crippen molar-refractivity contribution in [2.24, 2.45) is 0 Å². The van der Waals surface area contributed by atoms with Gasteiger partial charge in [0, 0.05) is 23.2 Å². The summed E-state index contributed by atoms with van der Waals surface area (Å²) >= 11 is 5.88. The monoisotopic (exact) mass is 362 g/mol. The molecule has 3 aromatic rings. The highest BCUT2D eigenvalue weighted by molar-refractivity contribution is 6.30. The van der Waals surface area contributed by atoms with Gasteiger partial charge in [-0.15, -0.1) is 0 Å². The van der Waals surface area contributed by atoms with Gasteiger partial charge in [-0.1, -0.05) is 17.7 Å². The molecule has 0 bridgehead atoms. The van der Waals surface area contributed by atoms with E-state index >= 15 is 0 Å². The van der Waals surface area contributed by atoms with E-state index in [4.69, 9.17) is 16.0 Å². The molecule has 2 aromatic carbocycles. The summed E-state index contributed by atoms with van der Waals surface area (Å²) < 4.78 is 32.0. The lowest BCUT2D eigenvalue weighted by Gasteiger charge is -2.24. The summed E-state index contributed by atoms with van der Waals surface area (Å²) in [5.74, 6) is -1.17. The fourth-order valence-electron chi connectivity index (χ4n) is 2.52. The van der Waals surface area contributed by atoms with Gasteiger partial charge in [-0.05, 0) is 55.9 Å². The molecule has 6 heteroatoms. The largest absolute Gasteiger partial charge is 0.444 e. The summed E-state index contributed by atoms with van der Waals surface area (Å²) in [4.78, 5) is 6.45. The number of halogens is 3. The molecule has 3 nitrogen and oxygen atoms in total. The fraction of sp³-hybridized carbons (Fsp3) is 0.211. The summed E-state index contributed by atoms with van der Waals surface area (Å²) in [6, 6.07) is 11.1. The Kier molecular flexibility index (Phi) is 5.16. The standard InChI is InChI=1S/C19H17ClF2N2O/c1-12(14-5-8-17(21)18(22)9-14)24(2)10-16-11-25-19(23-16)13-3-6-15(20)7-4-13/h3-9,11-12H,10H2,1-2H3. The highest BCUT2D eigenvalue weighted by atomic mass is 35.5. The quantitative estimate of drug-likeness (QED) is 0.603. The Bertz CT molecular complexity index is 864. The van der Waals surface area contributed by atoms with Crippen LogP contribution in [0.2, 0.25) is 5.02 Å². The normalized spacial score (nSPS) is 12.6. The van der Waals surface area contributed by atoms with Gasteiger partial charge in [0.1, 0.15) is 6.26 Å². The molecule has 3 rings (SSSR count). The van der Waals surface area contributed by atoms with E-state index < -0.39 is 11.6 Å². The van der Waals surface area contributed by atoms with Crippen molar-refractivity contribution in [2.75, 3.05) is 7.05 Å². The van der Waals surface area contributed by atoms with Gasteiger partial charge in [-0.25, -0.2) is 13.8 Å². The van der Waals surface area contributed by atoms with Gasteiger partial charge < -0.3 is 4.42 Å². The summed E-state index contributed by atoms with van der Waals surface area (Å²) in [6.45, 7) is 2.43. The van der Waals surface area contributed by atoms with E-state index in [1.165, 1.54) is 6.07 Å². The van der Waals surface area contributed by atoms with Crippen LogP contribution in [0.15, 0.2) is 53.1 Å². The minimum Gasteiger partial charge on any atom is -0.444 e. The Labute approximate surface area is 149 Å². The number of aromatic nitrogens is 1. The smallest absolute Gasteiger partial charge is 0.226 e. The second-order valence-corrected chi connectivity index (χ2v) is 6.35. The van der Waals surface area contributed by atoms with Gasteiger partial charge in [-0.2, -0.15) is 0 Å². The summed E-state index contributed by atoms with van der Waals surface area (Å²) in [5, 5.41) is 0.649. The second-order valence-electron chi connectivity index (χ2n) is 5.92. The molecule has 0 radical (unpaired) electrons. The van der Waals surface area contributed by atoms with Gasteiger partial charge in [0.05, 0.1) is 5.69 Å². The third-order valence-electron chi connectivity index (χ3n) is 4.14. The van der Waals surface area contributed by atoms with Gasteiger partial charge in [0.2, 0.25) is 5.89 Å². The Morgan fingerprint density at radius 1 is 1.12 bits per heavy atom. The van der Waals surface area contributed by atoms with Crippen molar-refractivity contribution in [3.63, 3.8) is 0 Å². The molecular formula is C19H17ClF2N2O. The van der Waals surface area contributed by atoms with Gasteiger partial charge in [-0.3, -0.25) is 4.90 Å².